The number of carbonyl (C=O) groups excluding carboxylic acids is 1. The number of carbonyl (C=O) groups is 1. The van der Waals surface area contributed by atoms with Crippen LogP contribution in [0.4, 0.5) is 5.13 Å². The lowest BCUT2D eigenvalue weighted by Crippen LogP contribution is -2.27. The van der Waals surface area contributed by atoms with Crippen molar-refractivity contribution in [3.63, 3.8) is 0 Å². The molecule has 0 unspecified atom stereocenters. The zero-order valence-corrected chi connectivity index (χ0v) is 14.6. The lowest BCUT2D eigenvalue weighted by Gasteiger charge is -2.13. The highest BCUT2D eigenvalue weighted by molar-refractivity contribution is 7.14. The van der Waals surface area contributed by atoms with Crippen LogP contribution in [0.5, 0.6) is 0 Å². The molecule has 0 radical (unpaired) electrons. The van der Waals surface area contributed by atoms with Gasteiger partial charge in [-0.3, -0.25) is 4.79 Å². The molecule has 0 aliphatic carbocycles. The van der Waals surface area contributed by atoms with Crippen molar-refractivity contribution in [3.05, 3.63) is 23.3 Å². The number of amides is 1. The summed E-state index contributed by atoms with van der Waals surface area (Å²) in [7, 11) is 0. The third kappa shape index (κ3) is 3.93. The zero-order valence-electron chi connectivity index (χ0n) is 13.8. The van der Waals surface area contributed by atoms with Gasteiger partial charge in [0.2, 0.25) is 0 Å². The van der Waals surface area contributed by atoms with Crippen molar-refractivity contribution >= 4 is 22.4 Å². The van der Waals surface area contributed by atoms with Crippen molar-refractivity contribution in [2.45, 2.75) is 33.1 Å². The van der Waals surface area contributed by atoms with E-state index in [9.17, 15) is 4.79 Å². The summed E-state index contributed by atoms with van der Waals surface area (Å²) in [6.45, 7) is 7.11. The summed E-state index contributed by atoms with van der Waals surface area (Å²) >= 11 is 1.61. The number of anilines is 1. The maximum atomic E-state index is 12.4. The zero-order chi connectivity index (χ0) is 16.2. The smallest absolute Gasteiger partial charge is 0.270 e. The van der Waals surface area contributed by atoms with Gasteiger partial charge in [-0.2, -0.15) is 0 Å². The second kappa shape index (κ2) is 7.17. The quantitative estimate of drug-likeness (QED) is 0.845. The van der Waals surface area contributed by atoms with Gasteiger partial charge in [0.15, 0.2) is 5.13 Å². The Kier molecular flexibility index (Phi) is 5.00. The maximum Gasteiger partial charge on any atom is 0.270 e. The molecule has 0 aromatic carbocycles. The van der Waals surface area contributed by atoms with E-state index in [0.29, 0.717) is 11.6 Å². The van der Waals surface area contributed by atoms with Crippen LogP contribution in [0.1, 0.15) is 43.6 Å². The van der Waals surface area contributed by atoms with Crippen LogP contribution >= 0.6 is 11.3 Å². The molecule has 3 rings (SSSR count). The molecule has 3 heterocycles. The summed E-state index contributed by atoms with van der Waals surface area (Å²) in [5.74, 6) is 0.782. The van der Waals surface area contributed by atoms with Crippen molar-refractivity contribution in [2.75, 3.05) is 25.0 Å². The van der Waals surface area contributed by atoms with E-state index >= 15 is 0 Å². The third-order valence-corrected chi connectivity index (χ3v) is 4.90. The molecular weight excluding hydrogens is 308 g/mol. The SMILES string of the molecule is CC(C)CCNc1nc(-c2c[nH]c(C(=O)N3CCCC3)c2)cs1. The van der Waals surface area contributed by atoms with Gasteiger partial charge in [-0.15, -0.1) is 11.3 Å². The van der Waals surface area contributed by atoms with E-state index in [1.807, 2.05) is 22.5 Å². The van der Waals surface area contributed by atoms with Gasteiger partial charge in [-0.05, 0) is 31.2 Å². The fraction of sp³-hybridized carbons (Fsp3) is 0.529. The van der Waals surface area contributed by atoms with Gasteiger partial charge in [0, 0.05) is 36.8 Å². The van der Waals surface area contributed by atoms with Gasteiger partial charge in [0.25, 0.3) is 5.91 Å². The van der Waals surface area contributed by atoms with Crippen LogP contribution in [-0.4, -0.2) is 40.4 Å². The van der Waals surface area contributed by atoms with E-state index in [-0.39, 0.29) is 5.91 Å². The van der Waals surface area contributed by atoms with Crippen molar-refractivity contribution in [1.29, 1.82) is 0 Å². The summed E-state index contributed by atoms with van der Waals surface area (Å²) in [6, 6.07) is 1.91. The Morgan fingerprint density at radius 3 is 2.96 bits per heavy atom. The van der Waals surface area contributed by atoms with Crippen molar-refractivity contribution in [1.82, 2.24) is 14.9 Å². The van der Waals surface area contributed by atoms with E-state index in [0.717, 1.165) is 55.3 Å². The van der Waals surface area contributed by atoms with Gasteiger partial charge in [0.1, 0.15) is 5.69 Å². The predicted molar refractivity (Wildman–Crippen MR) is 95.0 cm³/mol. The number of nitrogens with one attached hydrogen (secondary N) is 2. The van der Waals surface area contributed by atoms with E-state index in [2.05, 4.69) is 29.1 Å². The third-order valence-electron chi connectivity index (χ3n) is 4.10. The minimum absolute atomic E-state index is 0.0965. The van der Waals surface area contributed by atoms with Crippen LogP contribution in [0.25, 0.3) is 11.3 Å². The number of aromatic nitrogens is 2. The Bertz CT molecular complexity index is 655. The molecular formula is C17H24N4OS. The summed E-state index contributed by atoms with van der Waals surface area (Å²) < 4.78 is 0. The average molecular weight is 332 g/mol. The number of nitrogens with zero attached hydrogens (tertiary/aromatic N) is 2. The minimum atomic E-state index is 0.0965. The predicted octanol–water partition coefficient (Wildman–Crippen LogP) is 3.83. The maximum absolute atomic E-state index is 12.4. The molecule has 1 fully saturated rings. The lowest BCUT2D eigenvalue weighted by molar-refractivity contribution is 0.0788. The molecule has 0 bridgehead atoms. The van der Waals surface area contributed by atoms with Gasteiger partial charge >= 0.3 is 0 Å². The molecule has 0 spiro atoms. The Balaban J connectivity index is 1.63. The largest absolute Gasteiger partial charge is 0.361 e. The van der Waals surface area contributed by atoms with Gasteiger partial charge in [-0.25, -0.2) is 4.98 Å². The number of H-pyrrole nitrogens is 1. The van der Waals surface area contributed by atoms with E-state index < -0.39 is 0 Å². The topological polar surface area (TPSA) is 61.0 Å². The van der Waals surface area contributed by atoms with Gasteiger partial charge < -0.3 is 15.2 Å². The van der Waals surface area contributed by atoms with Gasteiger partial charge in [0.05, 0.1) is 5.69 Å². The summed E-state index contributed by atoms with van der Waals surface area (Å²) in [4.78, 5) is 22.0. The monoisotopic (exact) mass is 332 g/mol. The molecule has 2 aromatic heterocycles. The second-order valence-corrected chi connectivity index (χ2v) is 7.31. The highest BCUT2D eigenvalue weighted by Crippen LogP contribution is 2.26. The Morgan fingerprint density at radius 1 is 1.43 bits per heavy atom. The molecule has 23 heavy (non-hydrogen) atoms. The summed E-state index contributed by atoms with van der Waals surface area (Å²) in [5.41, 5.74) is 2.55. The molecule has 0 atom stereocenters. The van der Waals surface area contributed by atoms with Crippen molar-refractivity contribution in [3.8, 4) is 11.3 Å². The molecule has 124 valence electrons. The number of rotatable bonds is 6. The first-order valence-corrected chi connectivity index (χ1v) is 9.19. The fourth-order valence-corrected chi connectivity index (χ4v) is 3.46. The Morgan fingerprint density at radius 2 is 2.22 bits per heavy atom. The minimum Gasteiger partial charge on any atom is -0.361 e. The number of aromatic amines is 1. The molecule has 2 aromatic rings. The van der Waals surface area contributed by atoms with Crippen molar-refractivity contribution in [2.24, 2.45) is 5.92 Å². The van der Waals surface area contributed by atoms with Crippen molar-refractivity contribution < 1.29 is 4.79 Å². The summed E-state index contributed by atoms with van der Waals surface area (Å²) in [6.07, 6.45) is 5.22. The number of likely N-dealkylation sites (tertiary alicyclic amines) is 1. The first-order valence-electron chi connectivity index (χ1n) is 8.31. The van der Waals surface area contributed by atoms with Crippen LogP contribution in [-0.2, 0) is 0 Å². The Hall–Kier alpha value is -1.82. The van der Waals surface area contributed by atoms with Crippen LogP contribution in [0, 0.1) is 5.92 Å². The Labute approximate surface area is 141 Å². The standard InChI is InChI=1S/C17H24N4OS/c1-12(2)5-6-18-17-20-15(11-23-17)13-9-14(19-10-13)16(22)21-7-3-4-8-21/h9-12,19H,3-8H2,1-2H3,(H,18,20). The normalized spacial score (nSPS) is 14.7. The highest BCUT2D eigenvalue weighted by Gasteiger charge is 2.21. The fourth-order valence-electron chi connectivity index (χ4n) is 2.71. The van der Waals surface area contributed by atoms with Crippen LogP contribution in [0.15, 0.2) is 17.6 Å². The molecule has 1 aliphatic heterocycles. The molecule has 0 saturated carbocycles. The van der Waals surface area contributed by atoms with E-state index in [1.54, 1.807) is 11.3 Å². The molecule has 1 amide bonds. The number of hydrogen-bond donors (Lipinski definition) is 2. The molecule has 2 N–H and O–H groups in total. The molecule has 1 saturated heterocycles. The average Bonchev–Trinajstić information content (AvgIpc) is 3.27. The van der Waals surface area contributed by atoms with Crippen LogP contribution in [0.2, 0.25) is 0 Å². The summed E-state index contributed by atoms with van der Waals surface area (Å²) in [5, 5.41) is 6.33. The molecule has 6 heteroatoms. The van der Waals surface area contributed by atoms with Crippen LogP contribution < -0.4 is 5.32 Å². The molecule has 1 aliphatic rings. The van der Waals surface area contributed by atoms with E-state index in [1.165, 1.54) is 0 Å². The number of hydrogen-bond acceptors (Lipinski definition) is 4. The lowest BCUT2D eigenvalue weighted by atomic mass is 10.1. The van der Waals surface area contributed by atoms with Crippen LogP contribution in [0.3, 0.4) is 0 Å². The molecule has 5 nitrogen and oxygen atoms in total. The second-order valence-electron chi connectivity index (χ2n) is 6.45. The first-order chi connectivity index (χ1) is 11.1. The van der Waals surface area contributed by atoms with E-state index in [4.69, 9.17) is 0 Å². The highest BCUT2D eigenvalue weighted by atomic mass is 32.1. The number of thiazole rings is 1. The first kappa shape index (κ1) is 16.1. The van der Waals surface area contributed by atoms with Gasteiger partial charge in [-0.1, -0.05) is 13.8 Å².